The fraction of sp³-hybridized carbons (Fsp3) is 0.500. The molecule has 13 heteroatoms. The molecule has 4 amide bonds. The van der Waals surface area contributed by atoms with Crippen molar-refractivity contribution >= 4 is 35.3 Å². The van der Waals surface area contributed by atoms with Gasteiger partial charge >= 0.3 is 5.97 Å². The standard InChI is InChI=1S/C22H32N6O7/c1-11(29)18(25)20(32)26-14(9-12-4-6-13(23)7-5-12)21(33)28-8-2-3-16(28)19(31)27-15(22(34)35)10-17(24)30/h4-7,11,14-16,18,29H,2-3,8-10,23,25H2,1H3,(H2,24,30)(H,26,32)(H,27,31)(H,34,35)/p+1/t11-,14+,15+,16+,18+/m1/s1. The molecule has 11 N–H and O–H groups in total. The van der Waals surface area contributed by atoms with Crippen LogP contribution in [-0.2, 0) is 30.4 Å². The first-order chi connectivity index (χ1) is 16.4. The Labute approximate surface area is 202 Å². The highest BCUT2D eigenvalue weighted by Gasteiger charge is 2.39. The van der Waals surface area contributed by atoms with E-state index in [1.165, 1.54) is 11.8 Å². The SMILES string of the molecule is C[C@@H](O)[C@H](N)C(=O)N[C@@H](Cc1ccc([NH3+])cc1)C(=O)N1CCC[C@H]1C(=O)N[C@@H](CC(N)=O)C(=O)O. The monoisotopic (exact) mass is 493 g/mol. The maximum Gasteiger partial charge on any atom is 0.326 e. The molecule has 0 unspecified atom stereocenters. The number of aliphatic carboxylic acids is 1. The van der Waals surface area contributed by atoms with Crippen molar-refractivity contribution in [3.63, 3.8) is 0 Å². The summed E-state index contributed by atoms with van der Waals surface area (Å²) in [6.07, 6.45) is -0.923. The summed E-state index contributed by atoms with van der Waals surface area (Å²) in [4.78, 5) is 62.7. The van der Waals surface area contributed by atoms with Gasteiger partial charge in [0.1, 0.15) is 29.9 Å². The second-order valence-corrected chi connectivity index (χ2v) is 8.61. The zero-order valence-corrected chi connectivity index (χ0v) is 19.5. The molecule has 1 aliphatic rings. The zero-order chi connectivity index (χ0) is 26.3. The van der Waals surface area contributed by atoms with Gasteiger partial charge in [-0.3, -0.25) is 19.2 Å². The summed E-state index contributed by atoms with van der Waals surface area (Å²) in [5.74, 6) is -4.37. The van der Waals surface area contributed by atoms with Crippen molar-refractivity contribution in [2.45, 2.75) is 62.9 Å². The highest BCUT2D eigenvalue weighted by molar-refractivity contribution is 5.95. The second-order valence-electron chi connectivity index (χ2n) is 8.61. The average Bonchev–Trinajstić information content (AvgIpc) is 3.28. The number of aliphatic hydroxyl groups is 1. The number of amides is 4. The maximum absolute atomic E-state index is 13.5. The lowest BCUT2D eigenvalue weighted by atomic mass is 10.0. The summed E-state index contributed by atoms with van der Waals surface area (Å²) < 4.78 is 0. The summed E-state index contributed by atoms with van der Waals surface area (Å²) in [5.41, 5.74) is 16.1. The van der Waals surface area contributed by atoms with Gasteiger partial charge in [0, 0.05) is 13.0 Å². The van der Waals surface area contributed by atoms with Gasteiger partial charge in [-0.2, -0.15) is 0 Å². The molecule has 1 saturated heterocycles. The number of quaternary nitrogens is 1. The van der Waals surface area contributed by atoms with E-state index < -0.39 is 66.3 Å². The van der Waals surface area contributed by atoms with Crippen LogP contribution in [0.5, 0.6) is 0 Å². The Kier molecular flexibility index (Phi) is 9.68. The zero-order valence-electron chi connectivity index (χ0n) is 19.5. The van der Waals surface area contributed by atoms with Gasteiger partial charge in [-0.15, -0.1) is 0 Å². The molecule has 0 spiro atoms. The van der Waals surface area contributed by atoms with E-state index in [-0.39, 0.29) is 19.4 Å². The lowest BCUT2D eigenvalue weighted by Crippen LogP contribution is -2.58. The Morgan fingerprint density at radius 2 is 1.77 bits per heavy atom. The first-order valence-corrected chi connectivity index (χ1v) is 11.2. The van der Waals surface area contributed by atoms with E-state index in [1.54, 1.807) is 24.3 Å². The number of nitrogens with zero attached hydrogens (tertiary/aromatic N) is 1. The fourth-order valence-electron chi connectivity index (χ4n) is 3.77. The first-order valence-electron chi connectivity index (χ1n) is 11.2. The highest BCUT2D eigenvalue weighted by Crippen LogP contribution is 2.20. The predicted molar refractivity (Wildman–Crippen MR) is 122 cm³/mol. The topological polar surface area (TPSA) is 233 Å². The maximum atomic E-state index is 13.5. The van der Waals surface area contributed by atoms with Crippen molar-refractivity contribution in [1.82, 2.24) is 15.5 Å². The van der Waals surface area contributed by atoms with Crippen molar-refractivity contribution in [3.8, 4) is 0 Å². The molecule has 1 heterocycles. The number of rotatable bonds is 11. The highest BCUT2D eigenvalue weighted by atomic mass is 16.4. The Morgan fingerprint density at radius 3 is 2.31 bits per heavy atom. The smallest absolute Gasteiger partial charge is 0.326 e. The summed E-state index contributed by atoms with van der Waals surface area (Å²) in [7, 11) is 0. The van der Waals surface area contributed by atoms with Crippen LogP contribution in [0.2, 0.25) is 0 Å². The van der Waals surface area contributed by atoms with Crippen LogP contribution < -0.4 is 27.8 Å². The minimum Gasteiger partial charge on any atom is -0.480 e. The third-order valence-corrected chi connectivity index (χ3v) is 5.76. The normalized spacial score (nSPS) is 18.7. The number of carbonyl (C=O) groups is 5. The molecule has 0 aliphatic carbocycles. The van der Waals surface area contributed by atoms with Gasteiger partial charge in [-0.05, 0) is 37.5 Å². The van der Waals surface area contributed by atoms with E-state index in [4.69, 9.17) is 11.5 Å². The number of carboxylic acid groups (broad SMARTS) is 1. The van der Waals surface area contributed by atoms with E-state index in [0.29, 0.717) is 12.0 Å². The first kappa shape index (κ1) is 27.7. The molecule has 1 fully saturated rings. The molecule has 1 aliphatic heterocycles. The van der Waals surface area contributed by atoms with Crippen molar-refractivity contribution in [2.24, 2.45) is 11.5 Å². The average molecular weight is 494 g/mol. The van der Waals surface area contributed by atoms with Crippen LogP contribution in [0.25, 0.3) is 0 Å². The Morgan fingerprint density at radius 1 is 1.14 bits per heavy atom. The molecule has 35 heavy (non-hydrogen) atoms. The molecular weight excluding hydrogens is 460 g/mol. The van der Waals surface area contributed by atoms with Gasteiger partial charge in [-0.1, -0.05) is 12.1 Å². The number of nitrogens with one attached hydrogen (secondary N) is 2. The van der Waals surface area contributed by atoms with Crippen molar-refractivity contribution in [2.75, 3.05) is 6.54 Å². The Bertz CT molecular complexity index is 952. The van der Waals surface area contributed by atoms with Gasteiger partial charge in [-0.25, -0.2) is 4.79 Å². The molecular formula is C22H33N6O7+. The van der Waals surface area contributed by atoms with Crippen LogP contribution in [0.15, 0.2) is 24.3 Å². The van der Waals surface area contributed by atoms with Crippen molar-refractivity contribution in [3.05, 3.63) is 29.8 Å². The predicted octanol–water partition coefficient (Wildman–Crippen LogP) is -3.27. The van der Waals surface area contributed by atoms with Crippen LogP contribution in [0.3, 0.4) is 0 Å². The van der Waals surface area contributed by atoms with Gasteiger partial charge in [0.15, 0.2) is 0 Å². The van der Waals surface area contributed by atoms with E-state index in [2.05, 4.69) is 16.4 Å². The van der Waals surface area contributed by atoms with Crippen molar-refractivity contribution in [1.29, 1.82) is 0 Å². The summed E-state index contributed by atoms with van der Waals surface area (Å²) in [6, 6.07) is 2.10. The summed E-state index contributed by atoms with van der Waals surface area (Å²) in [5, 5.41) is 23.8. The number of benzene rings is 1. The van der Waals surface area contributed by atoms with E-state index in [9.17, 15) is 34.2 Å². The van der Waals surface area contributed by atoms with Gasteiger partial charge in [0.2, 0.25) is 23.6 Å². The molecule has 1 aromatic carbocycles. The molecule has 0 radical (unpaired) electrons. The number of hydrogen-bond acceptors (Lipinski definition) is 7. The lowest BCUT2D eigenvalue weighted by molar-refractivity contribution is -0.254. The number of carbonyl (C=O) groups excluding carboxylic acids is 4. The van der Waals surface area contributed by atoms with Crippen LogP contribution in [0.4, 0.5) is 5.69 Å². The molecule has 13 nitrogen and oxygen atoms in total. The Balaban J connectivity index is 2.24. The number of primary amides is 1. The molecule has 2 rings (SSSR count). The van der Waals surface area contributed by atoms with Gasteiger partial charge in [0.25, 0.3) is 0 Å². The van der Waals surface area contributed by atoms with Gasteiger partial charge in [0.05, 0.1) is 12.5 Å². The van der Waals surface area contributed by atoms with E-state index in [1.807, 2.05) is 0 Å². The minimum atomic E-state index is -1.53. The number of hydrogen-bond donors (Lipinski definition) is 7. The number of likely N-dealkylation sites (tertiary alicyclic amines) is 1. The summed E-state index contributed by atoms with van der Waals surface area (Å²) >= 11 is 0. The third kappa shape index (κ3) is 7.73. The molecule has 0 saturated carbocycles. The van der Waals surface area contributed by atoms with E-state index >= 15 is 0 Å². The van der Waals surface area contributed by atoms with Crippen LogP contribution >= 0.6 is 0 Å². The Hall–Kier alpha value is -3.55. The van der Waals surface area contributed by atoms with Gasteiger partial charge < -0.3 is 42.9 Å². The molecule has 1 aromatic rings. The number of nitrogens with two attached hydrogens (primary N) is 2. The largest absolute Gasteiger partial charge is 0.480 e. The van der Waals surface area contributed by atoms with E-state index in [0.717, 1.165) is 5.69 Å². The molecule has 192 valence electrons. The molecule has 5 atom stereocenters. The van der Waals surface area contributed by atoms with Crippen LogP contribution in [0, 0.1) is 0 Å². The van der Waals surface area contributed by atoms with Crippen LogP contribution in [0.1, 0.15) is 31.7 Å². The summed E-state index contributed by atoms with van der Waals surface area (Å²) in [6.45, 7) is 1.55. The quantitative estimate of drug-likeness (QED) is 0.165. The van der Waals surface area contributed by atoms with Crippen LogP contribution in [-0.4, -0.2) is 81.5 Å². The fourth-order valence-corrected chi connectivity index (χ4v) is 3.77. The minimum absolute atomic E-state index is 0.0850. The molecule has 0 bridgehead atoms. The third-order valence-electron chi connectivity index (χ3n) is 5.76. The second kappa shape index (κ2) is 12.2. The number of aliphatic hydroxyl groups excluding tert-OH is 1. The lowest BCUT2D eigenvalue weighted by Gasteiger charge is -2.30. The molecule has 0 aromatic heterocycles. The number of carboxylic acids is 1. The van der Waals surface area contributed by atoms with Crippen molar-refractivity contribution < 1.29 is 39.9 Å².